The summed E-state index contributed by atoms with van der Waals surface area (Å²) in [5, 5.41) is 24.3. The number of nitrogens with one attached hydrogen (secondary N) is 2. The first-order chi connectivity index (χ1) is 22.7. The predicted molar refractivity (Wildman–Crippen MR) is 182 cm³/mol. The molecule has 4 aromatic carbocycles. The third kappa shape index (κ3) is 8.08. The van der Waals surface area contributed by atoms with Gasteiger partial charge in [0.1, 0.15) is 0 Å². The van der Waals surface area contributed by atoms with Gasteiger partial charge in [0.15, 0.2) is 0 Å². The standard InChI is InChI=1S/C34H24N6O2.2CH4O/c41-33(39-35-21-25-19-17-23-9-1-7-15-31(23)37-25)29-13-5-3-11-27(29)28-12-4-6-14-30(28)34(42)40-36-22-26-20-18-24-10-2-8-16-32(24)38-26;2*1-2/h1-22H,(H,39,41)(H,40,42);2*2H,1H3/b35-21+,36-22+;;. The normalized spacial score (nSPS) is 10.6. The van der Waals surface area contributed by atoms with Gasteiger partial charge >= 0.3 is 0 Å². The molecule has 6 aromatic rings. The molecule has 2 heterocycles. The van der Waals surface area contributed by atoms with E-state index in [2.05, 4.69) is 31.0 Å². The van der Waals surface area contributed by atoms with Crippen LogP contribution in [0.5, 0.6) is 0 Å². The molecular formula is C36H32N6O4. The Bertz CT molecular complexity index is 1860. The van der Waals surface area contributed by atoms with Crippen LogP contribution in [0.3, 0.4) is 0 Å². The second kappa shape index (κ2) is 16.7. The fourth-order valence-corrected chi connectivity index (χ4v) is 4.57. The van der Waals surface area contributed by atoms with E-state index in [1.54, 1.807) is 36.4 Å². The van der Waals surface area contributed by atoms with Crippen LogP contribution >= 0.6 is 0 Å². The minimum Gasteiger partial charge on any atom is -0.400 e. The lowest BCUT2D eigenvalue weighted by Gasteiger charge is -2.12. The average molecular weight is 613 g/mol. The van der Waals surface area contributed by atoms with E-state index in [-0.39, 0.29) is 0 Å². The van der Waals surface area contributed by atoms with E-state index in [4.69, 9.17) is 10.2 Å². The highest BCUT2D eigenvalue weighted by molar-refractivity contribution is 6.06. The Morgan fingerprint density at radius 3 is 1.33 bits per heavy atom. The van der Waals surface area contributed by atoms with Crippen molar-refractivity contribution in [3.63, 3.8) is 0 Å². The molecule has 4 N–H and O–H groups in total. The van der Waals surface area contributed by atoms with Crippen molar-refractivity contribution in [3.8, 4) is 11.1 Å². The average Bonchev–Trinajstić information content (AvgIpc) is 3.13. The van der Waals surface area contributed by atoms with Crippen LogP contribution in [0.2, 0.25) is 0 Å². The fraction of sp³-hybridized carbons (Fsp3) is 0.0556. The van der Waals surface area contributed by atoms with Crippen molar-refractivity contribution in [1.82, 2.24) is 20.8 Å². The predicted octanol–water partition coefficient (Wildman–Crippen LogP) is 5.19. The Morgan fingerprint density at radius 1 is 0.522 bits per heavy atom. The molecule has 0 aliphatic rings. The van der Waals surface area contributed by atoms with E-state index in [1.807, 2.05) is 84.9 Å². The lowest BCUT2D eigenvalue weighted by Crippen LogP contribution is -2.21. The zero-order chi connectivity index (χ0) is 32.7. The second-order valence-electron chi connectivity index (χ2n) is 9.35. The first kappa shape index (κ1) is 32.8. The molecule has 10 heteroatoms. The Balaban J connectivity index is 0.00000116. The summed E-state index contributed by atoms with van der Waals surface area (Å²) < 4.78 is 0. The van der Waals surface area contributed by atoms with Gasteiger partial charge in [-0.25, -0.2) is 20.8 Å². The minimum atomic E-state index is -0.418. The number of carbonyl (C=O) groups excluding carboxylic acids is 2. The number of benzene rings is 4. The van der Waals surface area contributed by atoms with Crippen LogP contribution < -0.4 is 10.9 Å². The Kier molecular flexibility index (Phi) is 11.9. The number of hydrazone groups is 2. The van der Waals surface area contributed by atoms with E-state index in [9.17, 15) is 9.59 Å². The fourth-order valence-electron chi connectivity index (χ4n) is 4.57. The molecule has 0 aliphatic heterocycles. The first-order valence-corrected chi connectivity index (χ1v) is 14.1. The number of pyridine rings is 2. The summed E-state index contributed by atoms with van der Waals surface area (Å²) in [6.07, 6.45) is 2.99. The van der Waals surface area contributed by atoms with Gasteiger partial charge in [-0.05, 0) is 47.5 Å². The molecular weight excluding hydrogens is 580 g/mol. The number of amides is 2. The summed E-state index contributed by atoms with van der Waals surface area (Å²) >= 11 is 0. The van der Waals surface area contributed by atoms with E-state index in [1.165, 1.54) is 12.4 Å². The van der Waals surface area contributed by atoms with Crippen molar-refractivity contribution in [2.75, 3.05) is 14.2 Å². The second-order valence-corrected chi connectivity index (χ2v) is 9.35. The number of aliphatic hydroxyl groups excluding tert-OH is 2. The zero-order valence-corrected chi connectivity index (χ0v) is 25.2. The van der Waals surface area contributed by atoms with Crippen molar-refractivity contribution in [2.45, 2.75) is 0 Å². The number of aromatic nitrogens is 2. The van der Waals surface area contributed by atoms with Crippen molar-refractivity contribution in [1.29, 1.82) is 0 Å². The molecule has 0 saturated heterocycles. The summed E-state index contributed by atoms with van der Waals surface area (Å²) in [7, 11) is 2.00. The van der Waals surface area contributed by atoms with Crippen molar-refractivity contribution >= 4 is 46.0 Å². The molecule has 0 bridgehead atoms. The highest BCUT2D eigenvalue weighted by atomic mass is 16.2. The molecule has 230 valence electrons. The van der Waals surface area contributed by atoms with Crippen LogP contribution in [0.15, 0.2) is 132 Å². The molecule has 2 amide bonds. The lowest BCUT2D eigenvalue weighted by molar-refractivity contribution is 0.0946. The van der Waals surface area contributed by atoms with E-state index >= 15 is 0 Å². The maximum absolute atomic E-state index is 13.2. The molecule has 0 radical (unpaired) electrons. The van der Waals surface area contributed by atoms with Gasteiger partial charge in [-0.15, -0.1) is 0 Å². The van der Waals surface area contributed by atoms with Gasteiger partial charge in [0, 0.05) is 36.1 Å². The summed E-state index contributed by atoms with van der Waals surface area (Å²) in [5.74, 6) is -0.837. The number of nitrogens with zero attached hydrogens (tertiary/aromatic N) is 4. The highest BCUT2D eigenvalue weighted by Gasteiger charge is 2.17. The molecule has 0 saturated carbocycles. The van der Waals surface area contributed by atoms with Gasteiger partial charge in [-0.2, -0.15) is 10.2 Å². The quantitative estimate of drug-likeness (QED) is 0.144. The SMILES string of the molecule is CO.CO.O=C(N/N=C/c1ccc2ccccc2n1)c1ccccc1-c1ccccc1C(=O)N/N=C/c1ccc2ccccc2n1. The maximum Gasteiger partial charge on any atom is 0.271 e. The zero-order valence-electron chi connectivity index (χ0n) is 25.2. The monoisotopic (exact) mass is 612 g/mol. The molecule has 2 aromatic heterocycles. The van der Waals surface area contributed by atoms with Crippen LogP contribution in [0, 0.1) is 0 Å². The minimum absolute atomic E-state index is 0.366. The van der Waals surface area contributed by atoms with Crippen molar-refractivity contribution in [3.05, 3.63) is 144 Å². The molecule has 0 aliphatic carbocycles. The summed E-state index contributed by atoms with van der Waals surface area (Å²) in [6, 6.07) is 37.2. The topological polar surface area (TPSA) is 149 Å². The molecule has 0 unspecified atom stereocenters. The number of hydrogen-bond donors (Lipinski definition) is 4. The van der Waals surface area contributed by atoms with Crippen LogP contribution in [0.4, 0.5) is 0 Å². The number of hydrogen-bond acceptors (Lipinski definition) is 8. The van der Waals surface area contributed by atoms with Gasteiger partial charge in [0.2, 0.25) is 0 Å². The van der Waals surface area contributed by atoms with E-state index in [0.29, 0.717) is 33.6 Å². The number of fused-ring (bicyclic) bond motifs is 2. The summed E-state index contributed by atoms with van der Waals surface area (Å²) in [6.45, 7) is 0. The lowest BCUT2D eigenvalue weighted by atomic mass is 9.95. The largest absolute Gasteiger partial charge is 0.400 e. The summed E-state index contributed by atoms with van der Waals surface area (Å²) in [4.78, 5) is 35.4. The molecule has 0 spiro atoms. The summed E-state index contributed by atoms with van der Waals surface area (Å²) in [5.41, 5.74) is 9.96. The van der Waals surface area contributed by atoms with Crippen molar-refractivity contribution < 1.29 is 19.8 Å². The third-order valence-corrected chi connectivity index (χ3v) is 6.60. The molecule has 10 nitrogen and oxygen atoms in total. The van der Waals surface area contributed by atoms with E-state index < -0.39 is 11.8 Å². The molecule has 46 heavy (non-hydrogen) atoms. The number of aliphatic hydroxyl groups is 2. The van der Waals surface area contributed by atoms with Crippen LogP contribution in [-0.2, 0) is 0 Å². The molecule has 6 rings (SSSR count). The number of carbonyl (C=O) groups is 2. The van der Waals surface area contributed by atoms with Gasteiger partial charge in [-0.1, -0.05) is 84.9 Å². The van der Waals surface area contributed by atoms with Gasteiger partial charge < -0.3 is 10.2 Å². The first-order valence-electron chi connectivity index (χ1n) is 14.1. The van der Waals surface area contributed by atoms with Crippen LogP contribution in [-0.4, -0.2) is 58.6 Å². The Hall–Kier alpha value is -6.10. The van der Waals surface area contributed by atoms with Gasteiger partial charge in [0.25, 0.3) is 11.8 Å². The smallest absolute Gasteiger partial charge is 0.271 e. The Morgan fingerprint density at radius 2 is 0.891 bits per heavy atom. The van der Waals surface area contributed by atoms with E-state index in [0.717, 1.165) is 36.0 Å². The van der Waals surface area contributed by atoms with Gasteiger partial charge in [0.05, 0.1) is 34.9 Å². The van der Waals surface area contributed by atoms with Crippen LogP contribution in [0.25, 0.3) is 32.9 Å². The molecule has 0 fully saturated rings. The number of para-hydroxylation sites is 2. The number of rotatable bonds is 7. The van der Waals surface area contributed by atoms with Crippen LogP contribution in [0.1, 0.15) is 32.1 Å². The van der Waals surface area contributed by atoms with Crippen molar-refractivity contribution in [2.24, 2.45) is 10.2 Å². The van der Waals surface area contributed by atoms with Gasteiger partial charge in [-0.3, -0.25) is 9.59 Å². The Labute approximate surface area is 265 Å². The molecule has 0 atom stereocenters. The third-order valence-electron chi connectivity index (χ3n) is 6.60. The highest BCUT2D eigenvalue weighted by Crippen LogP contribution is 2.27. The maximum atomic E-state index is 13.2.